The number of imidazole rings is 1. The van der Waals surface area contributed by atoms with Crippen LogP contribution in [0.25, 0.3) is 22.6 Å². The summed E-state index contributed by atoms with van der Waals surface area (Å²) in [7, 11) is 0. The molecule has 28 heavy (non-hydrogen) atoms. The van der Waals surface area contributed by atoms with E-state index in [0.717, 1.165) is 39.4 Å². The Balaban J connectivity index is 1.50. The number of aryl methyl sites for hydroxylation is 2. The minimum Gasteiger partial charge on any atom is -0.489 e. The number of hydrogen-bond donors (Lipinski definition) is 1. The van der Waals surface area contributed by atoms with Gasteiger partial charge in [0.05, 0.1) is 11.9 Å². The van der Waals surface area contributed by atoms with E-state index in [1.54, 1.807) is 12.3 Å². The number of rotatable bonds is 5. The summed E-state index contributed by atoms with van der Waals surface area (Å²) in [6, 6.07) is 12.9. The van der Waals surface area contributed by atoms with Crippen LogP contribution in [0.3, 0.4) is 0 Å². The fourth-order valence-electron chi connectivity index (χ4n) is 2.85. The molecule has 0 bridgehead atoms. The molecule has 1 aromatic carbocycles. The summed E-state index contributed by atoms with van der Waals surface area (Å²) in [4.78, 5) is 15.6. The van der Waals surface area contributed by atoms with E-state index in [1.807, 2.05) is 50.4 Å². The van der Waals surface area contributed by atoms with Gasteiger partial charge in [0.15, 0.2) is 0 Å². The van der Waals surface area contributed by atoms with Gasteiger partial charge < -0.3 is 9.72 Å². The summed E-state index contributed by atoms with van der Waals surface area (Å²) >= 11 is 0. The van der Waals surface area contributed by atoms with Crippen molar-refractivity contribution in [1.82, 2.24) is 19.9 Å². The van der Waals surface area contributed by atoms with E-state index in [1.165, 1.54) is 12.3 Å². The highest BCUT2D eigenvalue weighted by molar-refractivity contribution is 5.65. The topological polar surface area (TPSA) is 63.7 Å². The monoisotopic (exact) mass is 374 g/mol. The number of aromatic amines is 1. The summed E-state index contributed by atoms with van der Waals surface area (Å²) in [5, 5.41) is 0. The second-order valence-electron chi connectivity index (χ2n) is 6.59. The lowest BCUT2D eigenvalue weighted by Crippen LogP contribution is -1.98. The Morgan fingerprint density at radius 3 is 2.46 bits per heavy atom. The molecular formula is C22H19FN4O. The van der Waals surface area contributed by atoms with E-state index in [9.17, 15) is 4.39 Å². The Hall–Kier alpha value is -3.54. The van der Waals surface area contributed by atoms with Crippen molar-refractivity contribution in [2.24, 2.45) is 0 Å². The van der Waals surface area contributed by atoms with Crippen LogP contribution in [-0.2, 0) is 6.61 Å². The van der Waals surface area contributed by atoms with Gasteiger partial charge in [-0.2, -0.15) is 4.39 Å². The summed E-state index contributed by atoms with van der Waals surface area (Å²) in [5.41, 5.74) is 5.64. The molecule has 0 saturated carbocycles. The lowest BCUT2D eigenvalue weighted by atomic mass is 10.1. The lowest BCUT2D eigenvalue weighted by Gasteiger charge is -2.10. The normalized spacial score (nSPS) is 10.8. The molecule has 1 N–H and O–H groups in total. The molecule has 0 aliphatic heterocycles. The Morgan fingerprint density at radius 1 is 0.893 bits per heavy atom. The Bertz CT molecular complexity index is 1090. The largest absolute Gasteiger partial charge is 0.489 e. The first-order chi connectivity index (χ1) is 13.6. The molecule has 0 unspecified atom stereocenters. The Kier molecular flexibility index (Phi) is 4.85. The van der Waals surface area contributed by atoms with E-state index >= 15 is 0 Å². The smallest absolute Gasteiger partial charge is 0.212 e. The highest BCUT2D eigenvalue weighted by Gasteiger charge is 2.09. The zero-order valence-corrected chi connectivity index (χ0v) is 15.6. The second kappa shape index (κ2) is 7.60. The number of benzene rings is 1. The molecule has 0 aliphatic rings. The van der Waals surface area contributed by atoms with E-state index < -0.39 is 5.95 Å². The van der Waals surface area contributed by atoms with Crippen molar-refractivity contribution >= 4 is 0 Å². The first kappa shape index (κ1) is 17.9. The maximum Gasteiger partial charge on any atom is 0.212 e. The van der Waals surface area contributed by atoms with Crippen LogP contribution >= 0.6 is 0 Å². The molecule has 0 amide bonds. The van der Waals surface area contributed by atoms with Crippen LogP contribution in [0.5, 0.6) is 5.75 Å². The molecule has 4 rings (SSSR count). The molecule has 0 radical (unpaired) electrons. The van der Waals surface area contributed by atoms with Crippen LogP contribution < -0.4 is 4.74 Å². The zero-order chi connectivity index (χ0) is 19.5. The van der Waals surface area contributed by atoms with Crippen molar-refractivity contribution in [1.29, 1.82) is 0 Å². The standard InChI is InChI=1S/C22H19FN4O/c1-14-9-17(5-7-20(14)28-13-16-4-3-15(2)24-10-16)19-12-26-22(27-19)18-6-8-21(23)25-11-18/h3-12H,13H2,1-2H3,(H,26,27). The van der Waals surface area contributed by atoms with Crippen LogP contribution in [0.15, 0.2) is 61.1 Å². The van der Waals surface area contributed by atoms with Gasteiger partial charge in [-0.05, 0) is 55.8 Å². The number of H-pyrrole nitrogens is 1. The van der Waals surface area contributed by atoms with Crippen LogP contribution in [0.2, 0.25) is 0 Å². The summed E-state index contributed by atoms with van der Waals surface area (Å²) in [6.45, 7) is 4.44. The molecule has 3 heterocycles. The maximum absolute atomic E-state index is 13.0. The van der Waals surface area contributed by atoms with Crippen molar-refractivity contribution in [3.63, 3.8) is 0 Å². The van der Waals surface area contributed by atoms with Crippen LogP contribution in [0.1, 0.15) is 16.8 Å². The van der Waals surface area contributed by atoms with E-state index in [0.29, 0.717) is 12.4 Å². The third kappa shape index (κ3) is 3.91. The van der Waals surface area contributed by atoms with E-state index in [-0.39, 0.29) is 0 Å². The van der Waals surface area contributed by atoms with Gasteiger partial charge in [-0.25, -0.2) is 9.97 Å². The number of nitrogens with one attached hydrogen (secondary N) is 1. The summed E-state index contributed by atoms with van der Waals surface area (Å²) in [6.07, 6.45) is 5.04. The molecule has 140 valence electrons. The highest BCUT2D eigenvalue weighted by atomic mass is 19.1. The van der Waals surface area contributed by atoms with Gasteiger partial charge in [0.1, 0.15) is 18.2 Å². The van der Waals surface area contributed by atoms with Gasteiger partial charge in [-0.1, -0.05) is 6.07 Å². The highest BCUT2D eigenvalue weighted by Crippen LogP contribution is 2.27. The van der Waals surface area contributed by atoms with E-state index in [2.05, 4.69) is 19.9 Å². The fourth-order valence-corrected chi connectivity index (χ4v) is 2.85. The third-order valence-electron chi connectivity index (χ3n) is 4.43. The van der Waals surface area contributed by atoms with Crippen molar-refractivity contribution in [2.75, 3.05) is 0 Å². The average molecular weight is 374 g/mol. The molecule has 6 heteroatoms. The molecule has 0 spiro atoms. The third-order valence-corrected chi connectivity index (χ3v) is 4.43. The number of nitrogens with zero attached hydrogens (tertiary/aromatic N) is 3. The summed E-state index contributed by atoms with van der Waals surface area (Å²) in [5.74, 6) is 0.960. The minimum atomic E-state index is -0.511. The fraction of sp³-hybridized carbons (Fsp3) is 0.136. The number of halogens is 1. The van der Waals surface area contributed by atoms with Gasteiger partial charge in [-0.15, -0.1) is 0 Å². The van der Waals surface area contributed by atoms with E-state index in [4.69, 9.17) is 4.74 Å². The van der Waals surface area contributed by atoms with Gasteiger partial charge >= 0.3 is 0 Å². The molecular weight excluding hydrogens is 355 g/mol. The Morgan fingerprint density at radius 2 is 1.75 bits per heavy atom. The first-order valence-electron chi connectivity index (χ1n) is 8.91. The first-order valence-corrected chi connectivity index (χ1v) is 8.91. The SMILES string of the molecule is Cc1ccc(COc2ccc(-c3cnc(-c4ccc(F)nc4)[nH]3)cc2C)cn1. The van der Waals surface area contributed by atoms with Gasteiger partial charge in [-0.3, -0.25) is 4.98 Å². The number of aromatic nitrogens is 4. The van der Waals surface area contributed by atoms with Gasteiger partial charge in [0.25, 0.3) is 0 Å². The number of pyridine rings is 2. The van der Waals surface area contributed by atoms with Crippen molar-refractivity contribution in [2.45, 2.75) is 20.5 Å². The lowest BCUT2D eigenvalue weighted by molar-refractivity contribution is 0.303. The average Bonchev–Trinajstić information content (AvgIpc) is 3.19. The van der Waals surface area contributed by atoms with Crippen molar-refractivity contribution < 1.29 is 9.13 Å². The Labute approximate surface area is 162 Å². The van der Waals surface area contributed by atoms with Crippen molar-refractivity contribution in [3.8, 4) is 28.4 Å². The molecule has 0 atom stereocenters. The minimum absolute atomic E-state index is 0.471. The number of ether oxygens (including phenoxy) is 1. The predicted molar refractivity (Wildman–Crippen MR) is 105 cm³/mol. The number of hydrogen-bond acceptors (Lipinski definition) is 4. The summed E-state index contributed by atoms with van der Waals surface area (Å²) < 4.78 is 18.9. The molecule has 3 aromatic heterocycles. The molecule has 5 nitrogen and oxygen atoms in total. The molecule has 4 aromatic rings. The predicted octanol–water partition coefficient (Wildman–Crippen LogP) is 4.87. The molecule has 0 aliphatic carbocycles. The zero-order valence-electron chi connectivity index (χ0n) is 15.6. The maximum atomic E-state index is 13.0. The van der Waals surface area contributed by atoms with Crippen molar-refractivity contribution in [3.05, 3.63) is 83.8 Å². The molecule has 0 fully saturated rings. The van der Waals surface area contributed by atoms with Gasteiger partial charge in [0.2, 0.25) is 5.95 Å². The molecule has 0 saturated heterocycles. The quantitative estimate of drug-likeness (QED) is 0.506. The van der Waals surface area contributed by atoms with Crippen LogP contribution in [0.4, 0.5) is 4.39 Å². The van der Waals surface area contributed by atoms with Gasteiger partial charge in [0, 0.05) is 34.8 Å². The second-order valence-corrected chi connectivity index (χ2v) is 6.59. The van der Waals surface area contributed by atoms with Crippen LogP contribution in [-0.4, -0.2) is 19.9 Å². The van der Waals surface area contributed by atoms with Crippen LogP contribution in [0, 0.1) is 19.8 Å².